The summed E-state index contributed by atoms with van der Waals surface area (Å²) in [5.41, 5.74) is 0. The lowest BCUT2D eigenvalue weighted by atomic mass is 10.1. The van der Waals surface area contributed by atoms with Crippen molar-refractivity contribution in [2.24, 2.45) is 0 Å². The second-order valence-electron chi connectivity index (χ2n) is 5.87. The molecule has 2 nitrogen and oxygen atoms in total. The summed E-state index contributed by atoms with van der Waals surface area (Å²) in [5.74, 6) is 0. The van der Waals surface area contributed by atoms with Gasteiger partial charge in [-0.3, -0.25) is 9.80 Å². The van der Waals surface area contributed by atoms with Gasteiger partial charge in [0, 0.05) is 18.1 Å². The molecule has 114 valence electrons. The van der Waals surface area contributed by atoms with Crippen molar-refractivity contribution in [3.05, 3.63) is 0 Å². The van der Waals surface area contributed by atoms with E-state index in [1.165, 1.54) is 58.2 Å². The standard InChI is InChI=1S/C15H30N2.C2H6/c1-4-13-8-7-11-16(13)12-17-14(5-2)9-10-15(17)6-3;1-2/h13-15H,4-12H2,1-3H3;1-2H3/t13?,14-,15?;/m0./s1. The van der Waals surface area contributed by atoms with Crippen molar-refractivity contribution < 1.29 is 0 Å². The smallest absolute Gasteiger partial charge is 0.0514 e. The van der Waals surface area contributed by atoms with Crippen molar-refractivity contribution in [1.82, 2.24) is 9.80 Å². The molecule has 2 heteroatoms. The normalized spacial score (nSPS) is 32.4. The Morgan fingerprint density at radius 2 is 1.32 bits per heavy atom. The third-order valence-corrected chi connectivity index (χ3v) is 5.03. The first-order valence-corrected chi connectivity index (χ1v) is 8.79. The van der Waals surface area contributed by atoms with Crippen molar-refractivity contribution >= 4 is 0 Å². The molecule has 0 aliphatic carbocycles. The van der Waals surface area contributed by atoms with Gasteiger partial charge in [0.2, 0.25) is 0 Å². The van der Waals surface area contributed by atoms with Crippen LogP contribution in [0, 0.1) is 0 Å². The molecule has 2 unspecified atom stereocenters. The van der Waals surface area contributed by atoms with Gasteiger partial charge in [0.15, 0.2) is 0 Å². The van der Waals surface area contributed by atoms with Crippen LogP contribution in [0.4, 0.5) is 0 Å². The number of hydrogen-bond donors (Lipinski definition) is 0. The summed E-state index contributed by atoms with van der Waals surface area (Å²) >= 11 is 0. The average molecular weight is 268 g/mol. The van der Waals surface area contributed by atoms with Crippen molar-refractivity contribution in [3.63, 3.8) is 0 Å². The Hall–Kier alpha value is -0.0800. The zero-order chi connectivity index (χ0) is 14.3. The third kappa shape index (κ3) is 4.19. The van der Waals surface area contributed by atoms with Gasteiger partial charge in [0.25, 0.3) is 0 Å². The number of likely N-dealkylation sites (tertiary alicyclic amines) is 2. The second kappa shape index (κ2) is 8.97. The first kappa shape index (κ1) is 17.0. The fourth-order valence-corrected chi connectivity index (χ4v) is 3.88. The SMILES string of the molecule is CC.CCC1CCCN1CN1C(CC)CC[C@@H]1CC. The number of nitrogens with zero attached hydrogens (tertiary/aromatic N) is 2. The van der Waals surface area contributed by atoms with Gasteiger partial charge in [0.05, 0.1) is 6.67 Å². The summed E-state index contributed by atoms with van der Waals surface area (Å²) in [6.45, 7) is 13.6. The van der Waals surface area contributed by atoms with Gasteiger partial charge in [-0.05, 0) is 51.5 Å². The lowest BCUT2D eigenvalue weighted by molar-refractivity contribution is 0.0756. The van der Waals surface area contributed by atoms with E-state index in [-0.39, 0.29) is 0 Å². The molecule has 2 rings (SSSR count). The molecule has 2 aliphatic heterocycles. The largest absolute Gasteiger partial charge is 0.288 e. The highest BCUT2D eigenvalue weighted by atomic mass is 15.4. The summed E-state index contributed by atoms with van der Waals surface area (Å²) in [7, 11) is 0. The highest BCUT2D eigenvalue weighted by molar-refractivity contribution is 4.88. The summed E-state index contributed by atoms with van der Waals surface area (Å²) < 4.78 is 0. The molecule has 0 bridgehead atoms. The fourth-order valence-electron chi connectivity index (χ4n) is 3.88. The van der Waals surface area contributed by atoms with Crippen molar-refractivity contribution in [2.45, 2.75) is 97.7 Å². The van der Waals surface area contributed by atoms with Crippen LogP contribution in [0.25, 0.3) is 0 Å². The molecular weight excluding hydrogens is 232 g/mol. The van der Waals surface area contributed by atoms with E-state index >= 15 is 0 Å². The minimum absolute atomic E-state index is 0.859. The Kier molecular flexibility index (Phi) is 8.01. The molecule has 0 amide bonds. The monoisotopic (exact) mass is 268 g/mol. The minimum atomic E-state index is 0.859. The van der Waals surface area contributed by atoms with E-state index in [2.05, 4.69) is 30.6 Å². The quantitative estimate of drug-likeness (QED) is 0.724. The van der Waals surface area contributed by atoms with E-state index in [9.17, 15) is 0 Å². The van der Waals surface area contributed by atoms with Crippen LogP contribution in [-0.2, 0) is 0 Å². The molecule has 0 saturated carbocycles. The van der Waals surface area contributed by atoms with Gasteiger partial charge in [0.1, 0.15) is 0 Å². The van der Waals surface area contributed by atoms with Gasteiger partial charge < -0.3 is 0 Å². The fraction of sp³-hybridized carbons (Fsp3) is 1.00. The maximum absolute atomic E-state index is 2.81. The molecule has 2 saturated heterocycles. The zero-order valence-electron chi connectivity index (χ0n) is 14.0. The molecule has 2 heterocycles. The van der Waals surface area contributed by atoms with Crippen LogP contribution in [0.3, 0.4) is 0 Å². The Bertz CT molecular complexity index is 217. The first-order valence-electron chi connectivity index (χ1n) is 8.79. The van der Waals surface area contributed by atoms with E-state index in [4.69, 9.17) is 0 Å². The summed E-state index contributed by atoms with van der Waals surface area (Å²) in [5, 5.41) is 0. The van der Waals surface area contributed by atoms with Gasteiger partial charge in [-0.15, -0.1) is 0 Å². The summed E-state index contributed by atoms with van der Waals surface area (Å²) in [6.07, 6.45) is 9.71. The Morgan fingerprint density at radius 1 is 0.789 bits per heavy atom. The molecule has 0 aromatic rings. The van der Waals surface area contributed by atoms with Crippen molar-refractivity contribution in [2.75, 3.05) is 13.2 Å². The molecule has 2 fully saturated rings. The van der Waals surface area contributed by atoms with E-state index in [1.54, 1.807) is 0 Å². The lowest BCUT2D eigenvalue weighted by Crippen LogP contribution is -2.45. The van der Waals surface area contributed by atoms with Gasteiger partial charge in [-0.25, -0.2) is 0 Å². The maximum atomic E-state index is 2.81. The van der Waals surface area contributed by atoms with Gasteiger partial charge in [-0.2, -0.15) is 0 Å². The molecule has 0 aromatic heterocycles. The summed E-state index contributed by atoms with van der Waals surface area (Å²) in [6, 6.07) is 2.58. The first-order chi connectivity index (χ1) is 9.30. The van der Waals surface area contributed by atoms with Crippen LogP contribution in [-0.4, -0.2) is 41.1 Å². The zero-order valence-corrected chi connectivity index (χ0v) is 14.0. The highest BCUT2D eigenvalue weighted by Crippen LogP contribution is 2.30. The second-order valence-corrected chi connectivity index (χ2v) is 5.87. The molecular formula is C17H36N2. The van der Waals surface area contributed by atoms with E-state index < -0.39 is 0 Å². The van der Waals surface area contributed by atoms with Crippen LogP contribution in [0.15, 0.2) is 0 Å². The predicted octanol–water partition coefficient (Wildman–Crippen LogP) is 4.50. The van der Waals surface area contributed by atoms with Crippen LogP contribution in [0.2, 0.25) is 0 Å². The maximum Gasteiger partial charge on any atom is 0.0514 e. The number of hydrogen-bond acceptors (Lipinski definition) is 2. The third-order valence-electron chi connectivity index (χ3n) is 5.03. The van der Waals surface area contributed by atoms with E-state index in [0.717, 1.165) is 18.1 Å². The molecule has 0 spiro atoms. The average Bonchev–Trinajstić information content (AvgIpc) is 3.07. The molecule has 0 aromatic carbocycles. The van der Waals surface area contributed by atoms with Gasteiger partial charge in [-0.1, -0.05) is 34.6 Å². The van der Waals surface area contributed by atoms with Gasteiger partial charge >= 0.3 is 0 Å². The van der Waals surface area contributed by atoms with Crippen LogP contribution < -0.4 is 0 Å². The van der Waals surface area contributed by atoms with Crippen LogP contribution >= 0.6 is 0 Å². The van der Waals surface area contributed by atoms with Crippen LogP contribution in [0.5, 0.6) is 0 Å². The molecule has 19 heavy (non-hydrogen) atoms. The van der Waals surface area contributed by atoms with Crippen molar-refractivity contribution in [1.29, 1.82) is 0 Å². The predicted molar refractivity (Wildman–Crippen MR) is 85.5 cm³/mol. The minimum Gasteiger partial charge on any atom is -0.288 e. The van der Waals surface area contributed by atoms with E-state index in [1.807, 2.05) is 13.8 Å². The molecule has 0 N–H and O–H groups in total. The van der Waals surface area contributed by atoms with E-state index in [0.29, 0.717) is 0 Å². The topological polar surface area (TPSA) is 6.48 Å². The molecule has 2 aliphatic rings. The Morgan fingerprint density at radius 3 is 1.79 bits per heavy atom. The number of rotatable bonds is 5. The van der Waals surface area contributed by atoms with Crippen molar-refractivity contribution in [3.8, 4) is 0 Å². The lowest BCUT2D eigenvalue weighted by Gasteiger charge is -2.35. The highest BCUT2D eigenvalue weighted by Gasteiger charge is 2.34. The van der Waals surface area contributed by atoms with Crippen LogP contribution in [0.1, 0.15) is 79.6 Å². The molecule has 3 atom stereocenters. The Balaban J connectivity index is 0.000000861. The summed E-state index contributed by atoms with van der Waals surface area (Å²) in [4.78, 5) is 5.56. The molecule has 0 radical (unpaired) electrons. The Labute approximate surface area is 121 Å².